The second-order valence-electron chi connectivity index (χ2n) is 5.18. The molecular weight excluding hydrogens is 320 g/mol. The molecule has 0 aliphatic carbocycles. The molecule has 2 aromatic heterocycles. The van der Waals surface area contributed by atoms with Gasteiger partial charge in [0.2, 0.25) is 5.88 Å². The maximum absolute atomic E-state index is 12.0. The fourth-order valence-corrected chi connectivity index (χ4v) is 1.96. The van der Waals surface area contributed by atoms with E-state index in [4.69, 9.17) is 10.5 Å². The summed E-state index contributed by atoms with van der Waals surface area (Å²) >= 11 is 0. The highest BCUT2D eigenvalue weighted by Gasteiger charge is 2.12. The molecule has 2 heterocycles. The third-order valence-corrected chi connectivity index (χ3v) is 3.30. The Labute approximate surface area is 144 Å². The maximum atomic E-state index is 12.0. The lowest BCUT2D eigenvalue weighted by molar-refractivity contribution is 0.0962. The van der Waals surface area contributed by atoms with Crippen molar-refractivity contribution in [2.45, 2.75) is 6.92 Å². The van der Waals surface area contributed by atoms with Crippen LogP contribution in [-0.2, 0) is 0 Å². The van der Waals surface area contributed by atoms with E-state index in [0.29, 0.717) is 11.3 Å². The number of nitrogen functional groups attached to an aromatic ring is 1. The number of aryl methyl sites for hydroxylation is 1. The van der Waals surface area contributed by atoms with Gasteiger partial charge < -0.3 is 10.5 Å². The van der Waals surface area contributed by atoms with Crippen LogP contribution in [0.2, 0.25) is 0 Å². The van der Waals surface area contributed by atoms with Crippen molar-refractivity contribution in [3.05, 3.63) is 66.2 Å². The molecule has 0 aliphatic heterocycles. The first-order valence-electron chi connectivity index (χ1n) is 7.45. The van der Waals surface area contributed by atoms with Gasteiger partial charge in [0.05, 0.1) is 5.56 Å². The molecule has 0 radical (unpaired) electrons. The smallest absolute Gasteiger partial charge is 0.271 e. The standard InChI is InChI=1S/C17H16N6O2/c1-11-4-6-13(7-5-11)25-17-14(18)15(20-10-21-17)22-23-16(24)12-3-2-8-19-9-12/h2-10H,18H2,1H3,(H,23,24)(H,20,21,22). The van der Waals surface area contributed by atoms with E-state index in [9.17, 15) is 4.79 Å². The van der Waals surface area contributed by atoms with Crippen LogP contribution in [0.5, 0.6) is 11.6 Å². The highest BCUT2D eigenvalue weighted by Crippen LogP contribution is 2.28. The zero-order chi connectivity index (χ0) is 17.6. The van der Waals surface area contributed by atoms with E-state index in [1.165, 1.54) is 12.5 Å². The summed E-state index contributed by atoms with van der Waals surface area (Å²) in [5.74, 6) is 0.653. The van der Waals surface area contributed by atoms with Crippen molar-refractivity contribution in [1.29, 1.82) is 0 Å². The molecule has 4 N–H and O–H groups in total. The van der Waals surface area contributed by atoms with Crippen LogP contribution in [0.1, 0.15) is 15.9 Å². The van der Waals surface area contributed by atoms with Crippen molar-refractivity contribution in [1.82, 2.24) is 20.4 Å². The first-order valence-corrected chi connectivity index (χ1v) is 7.45. The highest BCUT2D eigenvalue weighted by atomic mass is 16.5. The molecule has 126 valence electrons. The Kier molecular flexibility index (Phi) is 4.70. The fraction of sp³-hybridized carbons (Fsp3) is 0.0588. The Bertz CT molecular complexity index is 868. The fourth-order valence-electron chi connectivity index (χ4n) is 1.96. The maximum Gasteiger partial charge on any atom is 0.271 e. The van der Waals surface area contributed by atoms with Gasteiger partial charge in [0.15, 0.2) is 5.82 Å². The molecule has 25 heavy (non-hydrogen) atoms. The van der Waals surface area contributed by atoms with E-state index in [0.717, 1.165) is 5.56 Å². The second kappa shape index (κ2) is 7.26. The van der Waals surface area contributed by atoms with Gasteiger partial charge in [-0.2, -0.15) is 4.98 Å². The van der Waals surface area contributed by atoms with E-state index in [1.54, 1.807) is 18.3 Å². The number of hydrogen-bond acceptors (Lipinski definition) is 7. The lowest BCUT2D eigenvalue weighted by atomic mass is 10.2. The first-order chi connectivity index (χ1) is 12.1. The number of amides is 1. The Morgan fingerprint density at radius 3 is 2.68 bits per heavy atom. The number of rotatable bonds is 5. The third-order valence-electron chi connectivity index (χ3n) is 3.30. The molecule has 0 bridgehead atoms. The van der Waals surface area contributed by atoms with Crippen LogP contribution in [0.15, 0.2) is 55.1 Å². The van der Waals surface area contributed by atoms with Crippen molar-refractivity contribution in [3.63, 3.8) is 0 Å². The SMILES string of the molecule is Cc1ccc(Oc2ncnc(NNC(=O)c3cccnc3)c2N)cc1. The van der Waals surface area contributed by atoms with Gasteiger partial charge in [0.1, 0.15) is 17.8 Å². The summed E-state index contributed by atoms with van der Waals surface area (Å²) in [4.78, 5) is 23.9. The van der Waals surface area contributed by atoms with Crippen LogP contribution < -0.4 is 21.3 Å². The highest BCUT2D eigenvalue weighted by molar-refractivity contribution is 5.94. The molecule has 1 aromatic carbocycles. The summed E-state index contributed by atoms with van der Waals surface area (Å²) < 4.78 is 5.66. The molecule has 1 amide bonds. The zero-order valence-electron chi connectivity index (χ0n) is 13.4. The predicted molar refractivity (Wildman–Crippen MR) is 93.0 cm³/mol. The molecule has 0 aliphatic rings. The molecular formula is C17H16N6O2. The zero-order valence-corrected chi connectivity index (χ0v) is 13.4. The minimum absolute atomic E-state index is 0.176. The number of ether oxygens (including phenoxy) is 1. The lowest BCUT2D eigenvalue weighted by Crippen LogP contribution is -2.30. The molecule has 3 aromatic rings. The number of benzene rings is 1. The number of hydrazine groups is 1. The third kappa shape index (κ3) is 3.99. The number of nitrogens with two attached hydrogens (primary N) is 1. The summed E-state index contributed by atoms with van der Waals surface area (Å²) in [6.45, 7) is 1.98. The Balaban J connectivity index is 1.70. The lowest BCUT2D eigenvalue weighted by Gasteiger charge is -2.12. The molecule has 0 saturated heterocycles. The summed E-state index contributed by atoms with van der Waals surface area (Å²) in [5.41, 5.74) is 12.9. The number of carbonyl (C=O) groups is 1. The van der Waals surface area contributed by atoms with Gasteiger partial charge in [-0.1, -0.05) is 17.7 Å². The van der Waals surface area contributed by atoms with Gasteiger partial charge in [-0.25, -0.2) is 4.98 Å². The molecule has 3 rings (SSSR count). The number of nitrogens with zero attached hydrogens (tertiary/aromatic N) is 3. The number of anilines is 2. The molecule has 8 nitrogen and oxygen atoms in total. The van der Waals surface area contributed by atoms with E-state index in [1.807, 2.05) is 31.2 Å². The van der Waals surface area contributed by atoms with Gasteiger partial charge in [0.25, 0.3) is 5.91 Å². The summed E-state index contributed by atoms with van der Waals surface area (Å²) in [7, 11) is 0. The Hall–Kier alpha value is -3.68. The van der Waals surface area contributed by atoms with E-state index >= 15 is 0 Å². The number of hydrogen-bond donors (Lipinski definition) is 3. The Morgan fingerprint density at radius 2 is 1.96 bits per heavy atom. The van der Waals surface area contributed by atoms with Crippen molar-refractivity contribution in [2.75, 3.05) is 11.2 Å². The topological polar surface area (TPSA) is 115 Å². The molecule has 0 unspecified atom stereocenters. The van der Waals surface area contributed by atoms with Crippen LogP contribution in [0.3, 0.4) is 0 Å². The van der Waals surface area contributed by atoms with E-state index in [2.05, 4.69) is 25.8 Å². The molecule has 8 heteroatoms. The normalized spacial score (nSPS) is 10.1. The summed E-state index contributed by atoms with van der Waals surface area (Å²) in [6.07, 6.45) is 4.33. The molecule has 0 saturated carbocycles. The molecule has 0 fully saturated rings. The van der Waals surface area contributed by atoms with Crippen LogP contribution in [0, 0.1) is 6.92 Å². The van der Waals surface area contributed by atoms with Gasteiger partial charge in [-0.3, -0.25) is 20.6 Å². The van der Waals surface area contributed by atoms with Gasteiger partial charge in [0, 0.05) is 12.4 Å². The number of carbonyl (C=O) groups excluding carboxylic acids is 1. The number of pyridine rings is 1. The average molecular weight is 336 g/mol. The van der Waals surface area contributed by atoms with Gasteiger partial charge >= 0.3 is 0 Å². The minimum atomic E-state index is -0.368. The van der Waals surface area contributed by atoms with Crippen molar-refractivity contribution in [3.8, 4) is 11.6 Å². The first kappa shape index (κ1) is 16.2. The van der Waals surface area contributed by atoms with Crippen LogP contribution >= 0.6 is 0 Å². The van der Waals surface area contributed by atoms with E-state index in [-0.39, 0.29) is 23.3 Å². The van der Waals surface area contributed by atoms with Gasteiger partial charge in [-0.15, -0.1) is 0 Å². The van der Waals surface area contributed by atoms with Crippen molar-refractivity contribution >= 4 is 17.4 Å². The van der Waals surface area contributed by atoms with Crippen molar-refractivity contribution < 1.29 is 9.53 Å². The second-order valence-corrected chi connectivity index (χ2v) is 5.18. The summed E-state index contributed by atoms with van der Waals surface area (Å²) in [5, 5.41) is 0. The quantitative estimate of drug-likeness (QED) is 0.612. The molecule has 0 spiro atoms. The Morgan fingerprint density at radius 1 is 1.16 bits per heavy atom. The number of nitrogens with one attached hydrogen (secondary N) is 2. The molecule has 0 atom stereocenters. The summed E-state index contributed by atoms with van der Waals surface area (Å²) in [6, 6.07) is 10.8. The van der Waals surface area contributed by atoms with E-state index < -0.39 is 0 Å². The predicted octanol–water partition coefficient (Wildman–Crippen LogP) is 2.31. The van der Waals surface area contributed by atoms with Gasteiger partial charge in [-0.05, 0) is 31.2 Å². The van der Waals surface area contributed by atoms with Crippen LogP contribution in [0.25, 0.3) is 0 Å². The van der Waals surface area contributed by atoms with Crippen molar-refractivity contribution in [2.24, 2.45) is 0 Å². The van der Waals surface area contributed by atoms with Crippen LogP contribution in [0.4, 0.5) is 11.5 Å². The number of aromatic nitrogens is 3. The monoisotopic (exact) mass is 336 g/mol. The van der Waals surface area contributed by atoms with Crippen LogP contribution in [-0.4, -0.2) is 20.9 Å². The largest absolute Gasteiger partial charge is 0.437 e. The average Bonchev–Trinajstić information content (AvgIpc) is 2.64. The minimum Gasteiger partial charge on any atom is -0.437 e.